The number of amides is 1. The Morgan fingerprint density at radius 1 is 1.15 bits per heavy atom. The van der Waals surface area contributed by atoms with Crippen LogP contribution in [0, 0.1) is 0 Å². The number of phenolic OH excluding ortho intramolecular Hbond substituents is 1. The van der Waals surface area contributed by atoms with E-state index in [-0.39, 0.29) is 35.5 Å². The predicted molar refractivity (Wildman–Crippen MR) is 124 cm³/mol. The van der Waals surface area contributed by atoms with E-state index < -0.39 is 17.7 Å². The third-order valence-electron chi connectivity index (χ3n) is 5.33. The Morgan fingerprint density at radius 3 is 2.48 bits per heavy atom. The van der Waals surface area contributed by atoms with Crippen LogP contribution in [0.4, 0.5) is 0 Å². The van der Waals surface area contributed by atoms with Gasteiger partial charge in [-0.05, 0) is 57.8 Å². The van der Waals surface area contributed by atoms with Crippen LogP contribution < -0.4 is 9.47 Å². The van der Waals surface area contributed by atoms with E-state index in [2.05, 4.69) is 0 Å². The van der Waals surface area contributed by atoms with Gasteiger partial charge in [0.1, 0.15) is 11.5 Å². The van der Waals surface area contributed by atoms with Crippen LogP contribution in [0.15, 0.2) is 48.0 Å². The summed E-state index contributed by atoms with van der Waals surface area (Å²) in [6, 6.07) is 10.6. The molecule has 8 nitrogen and oxygen atoms in total. The molecule has 1 heterocycles. The fraction of sp³-hybridized carbons (Fsp3) is 0.360. The SMILES string of the molecule is COc1ccc(C2/C(=C(/O)c3cccc(OC(C)C)c3)C(=O)C(=O)N2CCN(C)C)cc1O. The lowest BCUT2D eigenvalue weighted by molar-refractivity contribution is -0.140. The first-order valence-electron chi connectivity index (χ1n) is 10.7. The van der Waals surface area contributed by atoms with Crippen molar-refractivity contribution in [2.24, 2.45) is 0 Å². The highest BCUT2D eigenvalue weighted by molar-refractivity contribution is 6.46. The number of hydrogen-bond donors (Lipinski definition) is 2. The molecule has 3 rings (SSSR count). The van der Waals surface area contributed by atoms with E-state index in [1.54, 1.807) is 36.4 Å². The van der Waals surface area contributed by atoms with Gasteiger partial charge in [0.25, 0.3) is 11.7 Å². The molecular formula is C25H30N2O6. The molecular weight excluding hydrogens is 424 g/mol. The quantitative estimate of drug-likeness (QED) is 0.359. The number of rotatable bonds is 8. The van der Waals surface area contributed by atoms with Crippen LogP contribution in [-0.2, 0) is 9.59 Å². The Bertz CT molecular complexity index is 1080. The van der Waals surface area contributed by atoms with Gasteiger partial charge < -0.3 is 29.5 Å². The van der Waals surface area contributed by atoms with Crippen LogP contribution in [-0.4, -0.2) is 72.1 Å². The second-order valence-corrected chi connectivity index (χ2v) is 8.42. The summed E-state index contributed by atoms with van der Waals surface area (Å²) in [6.07, 6.45) is -0.0683. The fourth-order valence-corrected chi connectivity index (χ4v) is 3.79. The van der Waals surface area contributed by atoms with E-state index in [0.29, 0.717) is 23.4 Å². The van der Waals surface area contributed by atoms with Crippen LogP contribution in [0.2, 0.25) is 0 Å². The number of hydrogen-bond acceptors (Lipinski definition) is 7. The summed E-state index contributed by atoms with van der Waals surface area (Å²) in [6.45, 7) is 4.56. The van der Waals surface area contributed by atoms with Crippen molar-refractivity contribution in [3.05, 3.63) is 59.2 Å². The molecule has 1 unspecified atom stereocenters. The van der Waals surface area contributed by atoms with Gasteiger partial charge in [-0.1, -0.05) is 18.2 Å². The molecule has 1 fully saturated rings. The molecule has 1 aliphatic rings. The number of nitrogens with zero attached hydrogens (tertiary/aromatic N) is 2. The number of aliphatic hydroxyl groups is 1. The van der Waals surface area contributed by atoms with Gasteiger partial charge in [0.05, 0.1) is 24.8 Å². The van der Waals surface area contributed by atoms with Crippen LogP contribution in [0.3, 0.4) is 0 Å². The lowest BCUT2D eigenvalue weighted by atomic mass is 9.95. The highest BCUT2D eigenvalue weighted by atomic mass is 16.5. The minimum absolute atomic E-state index is 0.0370. The van der Waals surface area contributed by atoms with Crippen molar-refractivity contribution in [3.8, 4) is 17.2 Å². The maximum atomic E-state index is 13.1. The van der Waals surface area contributed by atoms with Crippen LogP contribution >= 0.6 is 0 Å². The molecule has 0 saturated carbocycles. The van der Waals surface area contributed by atoms with Gasteiger partial charge in [0, 0.05) is 18.7 Å². The summed E-state index contributed by atoms with van der Waals surface area (Å²) >= 11 is 0. The Balaban J connectivity index is 2.15. The van der Waals surface area contributed by atoms with Crippen molar-refractivity contribution in [1.82, 2.24) is 9.80 Å². The largest absolute Gasteiger partial charge is 0.507 e. The summed E-state index contributed by atoms with van der Waals surface area (Å²) in [7, 11) is 5.17. The molecule has 0 bridgehead atoms. The molecule has 1 aliphatic heterocycles. The van der Waals surface area contributed by atoms with E-state index in [1.165, 1.54) is 18.1 Å². The number of aromatic hydroxyl groups is 1. The summed E-state index contributed by atoms with van der Waals surface area (Å²) < 4.78 is 10.8. The second-order valence-electron chi connectivity index (χ2n) is 8.42. The Labute approximate surface area is 193 Å². The third kappa shape index (κ3) is 5.12. The molecule has 176 valence electrons. The van der Waals surface area contributed by atoms with E-state index in [9.17, 15) is 19.8 Å². The smallest absolute Gasteiger partial charge is 0.295 e. The number of Topliss-reactive ketones (excluding diaryl/α,β-unsaturated/α-hetero) is 1. The Hall–Kier alpha value is -3.52. The number of likely N-dealkylation sites (N-methyl/N-ethyl adjacent to an activating group) is 1. The number of ether oxygens (including phenoxy) is 2. The normalized spacial score (nSPS) is 17.8. The van der Waals surface area contributed by atoms with Crippen molar-refractivity contribution in [3.63, 3.8) is 0 Å². The lowest BCUT2D eigenvalue weighted by Gasteiger charge is -2.27. The minimum atomic E-state index is -0.864. The van der Waals surface area contributed by atoms with Crippen molar-refractivity contribution in [1.29, 1.82) is 0 Å². The average Bonchev–Trinajstić information content (AvgIpc) is 3.01. The predicted octanol–water partition coefficient (Wildman–Crippen LogP) is 3.17. The Morgan fingerprint density at radius 2 is 1.88 bits per heavy atom. The molecule has 0 spiro atoms. The van der Waals surface area contributed by atoms with E-state index in [0.717, 1.165) is 0 Å². The van der Waals surface area contributed by atoms with Crippen LogP contribution in [0.1, 0.15) is 31.0 Å². The first-order valence-corrected chi connectivity index (χ1v) is 10.7. The number of aliphatic hydroxyl groups excluding tert-OH is 1. The average molecular weight is 455 g/mol. The van der Waals surface area contributed by atoms with Gasteiger partial charge >= 0.3 is 0 Å². The highest BCUT2D eigenvalue weighted by Crippen LogP contribution is 2.41. The van der Waals surface area contributed by atoms with Gasteiger partial charge in [0.2, 0.25) is 0 Å². The second kappa shape index (κ2) is 9.95. The minimum Gasteiger partial charge on any atom is -0.507 e. The number of phenols is 1. The number of carbonyl (C=O) groups excluding carboxylic acids is 2. The van der Waals surface area contributed by atoms with E-state index in [4.69, 9.17) is 9.47 Å². The summed E-state index contributed by atoms with van der Waals surface area (Å²) in [4.78, 5) is 29.4. The van der Waals surface area contributed by atoms with Crippen LogP contribution in [0.5, 0.6) is 17.2 Å². The zero-order chi connectivity index (χ0) is 24.3. The number of likely N-dealkylation sites (tertiary alicyclic amines) is 1. The van der Waals surface area contributed by atoms with Crippen molar-refractivity contribution in [2.45, 2.75) is 26.0 Å². The molecule has 2 N–H and O–H groups in total. The molecule has 2 aromatic rings. The van der Waals surface area contributed by atoms with Gasteiger partial charge in [-0.15, -0.1) is 0 Å². The summed E-state index contributed by atoms with van der Waals surface area (Å²) in [5.41, 5.74) is 0.814. The molecule has 1 saturated heterocycles. The highest BCUT2D eigenvalue weighted by Gasteiger charge is 2.46. The fourth-order valence-electron chi connectivity index (χ4n) is 3.79. The standard InChI is InChI=1S/C25H30N2O6/c1-15(2)33-18-8-6-7-17(13-18)23(29)21-22(16-9-10-20(32-5)19(28)14-16)27(12-11-26(3)4)25(31)24(21)30/h6-10,13-15,22,28-29H,11-12H2,1-5H3/b23-21-. The molecule has 0 aromatic heterocycles. The lowest BCUT2D eigenvalue weighted by Crippen LogP contribution is -2.35. The number of carbonyl (C=O) groups is 2. The maximum absolute atomic E-state index is 13.1. The van der Waals surface area contributed by atoms with Crippen LogP contribution in [0.25, 0.3) is 5.76 Å². The van der Waals surface area contributed by atoms with E-state index in [1.807, 2.05) is 32.8 Å². The first-order chi connectivity index (χ1) is 15.6. The van der Waals surface area contributed by atoms with Crippen molar-refractivity contribution in [2.75, 3.05) is 34.3 Å². The van der Waals surface area contributed by atoms with Crippen molar-refractivity contribution >= 4 is 17.4 Å². The van der Waals surface area contributed by atoms with Gasteiger partial charge in [-0.25, -0.2) is 0 Å². The molecule has 0 radical (unpaired) electrons. The topological polar surface area (TPSA) is 99.5 Å². The Kier molecular flexibility index (Phi) is 7.28. The summed E-state index contributed by atoms with van der Waals surface area (Å²) in [5, 5.41) is 21.5. The number of methoxy groups -OCH3 is 1. The molecule has 2 aromatic carbocycles. The third-order valence-corrected chi connectivity index (χ3v) is 5.33. The number of ketones is 1. The van der Waals surface area contributed by atoms with E-state index >= 15 is 0 Å². The zero-order valence-corrected chi connectivity index (χ0v) is 19.5. The molecule has 8 heteroatoms. The van der Waals surface area contributed by atoms with Gasteiger partial charge in [-0.3, -0.25) is 9.59 Å². The molecule has 1 atom stereocenters. The van der Waals surface area contributed by atoms with Gasteiger partial charge in [-0.2, -0.15) is 0 Å². The summed E-state index contributed by atoms with van der Waals surface area (Å²) in [5.74, 6) is -1.09. The maximum Gasteiger partial charge on any atom is 0.295 e. The monoisotopic (exact) mass is 454 g/mol. The molecule has 1 amide bonds. The number of benzene rings is 2. The molecule has 0 aliphatic carbocycles. The molecule has 33 heavy (non-hydrogen) atoms. The van der Waals surface area contributed by atoms with Gasteiger partial charge in [0.15, 0.2) is 11.5 Å². The zero-order valence-electron chi connectivity index (χ0n) is 19.5. The van der Waals surface area contributed by atoms with Crippen molar-refractivity contribution < 1.29 is 29.3 Å². The first kappa shape index (κ1) is 24.1.